The number of rotatable bonds is 4. The van der Waals surface area contributed by atoms with Crippen LogP contribution in [0.5, 0.6) is 0 Å². The van der Waals surface area contributed by atoms with E-state index in [-0.39, 0.29) is 0 Å². The van der Waals surface area contributed by atoms with Crippen LogP contribution in [0.2, 0.25) is 0 Å². The Labute approximate surface area is 288 Å². The molecule has 0 spiro atoms. The van der Waals surface area contributed by atoms with Crippen LogP contribution in [0.25, 0.3) is 76.5 Å². The van der Waals surface area contributed by atoms with Gasteiger partial charge in [0.25, 0.3) is 0 Å². The van der Waals surface area contributed by atoms with Gasteiger partial charge in [-0.2, -0.15) is 0 Å². The minimum absolute atomic E-state index is 0.402. The Morgan fingerprint density at radius 1 is 0.327 bits per heavy atom. The third kappa shape index (κ3) is 4.72. The summed E-state index contributed by atoms with van der Waals surface area (Å²) in [6.45, 7) is 8.44. The zero-order valence-corrected chi connectivity index (χ0v) is 28.3. The molecule has 1 saturated heterocycles. The second-order valence-electron chi connectivity index (χ2n) is 14.3. The molecule has 9 rings (SSSR count). The van der Waals surface area contributed by atoms with Gasteiger partial charge in [-0.3, -0.25) is 0 Å². The molecule has 0 N–H and O–H groups in total. The molecule has 1 heterocycles. The van der Waals surface area contributed by atoms with Crippen molar-refractivity contribution in [2.75, 3.05) is 0 Å². The first-order valence-electron chi connectivity index (χ1n) is 17.2. The maximum absolute atomic E-state index is 6.51. The Morgan fingerprint density at radius 3 is 1.16 bits per heavy atom. The maximum Gasteiger partial charge on any atom is 0.495 e. The summed E-state index contributed by atoms with van der Waals surface area (Å²) in [4.78, 5) is 0. The monoisotopic (exact) mass is 632 g/mol. The lowest BCUT2D eigenvalue weighted by Crippen LogP contribution is -2.41. The van der Waals surface area contributed by atoms with Gasteiger partial charge in [-0.15, -0.1) is 0 Å². The van der Waals surface area contributed by atoms with Crippen molar-refractivity contribution in [1.29, 1.82) is 0 Å². The van der Waals surface area contributed by atoms with Crippen LogP contribution in [0, 0.1) is 0 Å². The van der Waals surface area contributed by atoms with Crippen molar-refractivity contribution in [3.05, 3.63) is 152 Å². The van der Waals surface area contributed by atoms with Gasteiger partial charge < -0.3 is 9.31 Å². The lowest BCUT2D eigenvalue weighted by atomic mass is 9.75. The molecule has 8 aromatic carbocycles. The normalized spacial score (nSPS) is 15.5. The van der Waals surface area contributed by atoms with E-state index in [1.165, 1.54) is 71.1 Å². The summed E-state index contributed by atoms with van der Waals surface area (Å²) in [5.41, 5.74) is 7.67. The molecule has 236 valence electrons. The molecule has 8 aromatic rings. The van der Waals surface area contributed by atoms with E-state index in [2.05, 4.69) is 179 Å². The highest BCUT2D eigenvalue weighted by Crippen LogP contribution is 2.42. The van der Waals surface area contributed by atoms with Crippen molar-refractivity contribution in [2.24, 2.45) is 0 Å². The van der Waals surface area contributed by atoms with Crippen molar-refractivity contribution in [1.82, 2.24) is 0 Å². The first-order chi connectivity index (χ1) is 23.8. The summed E-state index contributed by atoms with van der Waals surface area (Å²) in [6.07, 6.45) is 0. The Hall–Kier alpha value is -5.22. The standard InChI is InChI=1S/C46H37BO2/c1-45(2)46(3,4)49-47(48-45)44-29-28-42(41-17-7-8-18-43(41)44)40-27-13-25-38-37(24-12-26-39(38)40)36-23-11-21-34-33(20-10-22-35(34)36)32-19-9-15-30-14-5-6-16-31(30)32/h5-29H,1-4H3. The summed E-state index contributed by atoms with van der Waals surface area (Å²) in [5.74, 6) is 0. The molecule has 0 saturated carbocycles. The van der Waals surface area contributed by atoms with Crippen molar-refractivity contribution in [2.45, 2.75) is 38.9 Å². The van der Waals surface area contributed by atoms with Crippen LogP contribution in [0.3, 0.4) is 0 Å². The topological polar surface area (TPSA) is 18.5 Å². The van der Waals surface area contributed by atoms with Crippen LogP contribution in [0.4, 0.5) is 0 Å². The third-order valence-electron chi connectivity index (χ3n) is 11.0. The molecule has 0 amide bonds. The second-order valence-corrected chi connectivity index (χ2v) is 14.3. The zero-order chi connectivity index (χ0) is 33.3. The Balaban J connectivity index is 1.20. The van der Waals surface area contributed by atoms with Crippen molar-refractivity contribution in [3.63, 3.8) is 0 Å². The van der Waals surface area contributed by atoms with E-state index in [0.717, 1.165) is 10.8 Å². The highest BCUT2D eigenvalue weighted by molar-refractivity contribution is 6.65. The molecular formula is C46H37BO2. The molecule has 0 unspecified atom stereocenters. The average Bonchev–Trinajstić information content (AvgIpc) is 3.35. The Kier molecular flexibility index (Phi) is 6.81. The number of hydrogen-bond acceptors (Lipinski definition) is 2. The fourth-order valence-electron chi connectivity index (χ4n) is 7.75. The van der Waals surface area contributed by atoms with Crippen LogP contribution in [0.1, 0.15) is 27.7 Å². The van der Waals surface area contributed by atoms with E-state index in [9.17, 15) is 0 Å². The Bertz CT molecular complexity index is 2560. The fraction of sp³-hybridized carbons (Fsp3) is 0.130. The number of hydrogen-bond donors (Lipinski definition) is 0. The molecule has 1 fully saturated rings. The maximum atomic E-state index is 6.51. The van der Waals surface area contributed by atoms with Crippen LogP contribution < -0.4 is 5.46 Å². The second kappa shape index (κ2) is 11.2. The molecule has 2 nitrogen and oxygen atoms in total. The van der Waals surface area contributed by atoms with E-state index < -0.39 is 18.3 Å². The molecular weight excluding hydrogens is 595 g/mol. The van der Waals surface area contributed by atoms with Gasteiger partial charge in [0, 0.05) is 0 Å². The zero-order valence-electron chi connectivity index (χ0n) is 28.3. The third-order valence-corrected chi connectivity index (χ3v) is 11.0. The van der Waals surface area contributed by atoms with Gasteiger partial charge >= 0.3 is 7.12 Å². The Morgan fingerprint density at radius 2 is 0.653 bits per heavy atom. The largest absolute Gasteiger partial charge is 0.495 e. The highest BCUT2D eigenvalue weighted by atomic mass is 16.7. The minimum atomic E-state index is -0.423. The van der Waals surface area contributed by atoms with Crippen LogP contribution in [-0.4, -0.2) is 18.3 Å². The molecule has 3 heteroatoms. The van der Waals surface area contributed by atoms with Crippen LogP contribution in [-0.2, 0) is 9.31 Å². The predicted octanol–water partition coefficient (Wildman–Crippen LogP) is 11.6. The van der Waals surface area contributed by atoms with Gasteiger partial charge in [-0.05, 0) is 110 Å². The van der Waals surface area contributed by atoms with Gasteiger partial charge in [0.1, 0.15) is 0 Å². The molecule has 49 heavy (non-hydrogen) atoms. The summed E-state index contributed by atoms with van der Waals surface area (Å²) < 4.78 is 13.0. The average molecular weight is 633 g/mol. The van der Waals surface area contributed by atoms with Gasteiger partial charge in [-0.1, -0.05) is 152 Å². The summed E-state index contributed by atoms with van der Waals surface area (Å²) in [6, 6.07) is 55.3. The van der Waals surface area contributed by atoms with E-state index in [1.807, 2.05) is 0 Å². The van der Waals surface area contributed by atoms with Crippen molar-refractivity contribution >= 4 is 55.7 Å². The minimum Gasteiger partial charge on any atom is -0.399 e. The molecule has 1 aliphatic rings. The van der Waals surface area contributed by atoms with E-state index in [4.69, 9.17) is 9.31 Å². The SMILES string of the molecule is CC1(C)OB(c2ccc(-c3cccc4c(-c5cccc6c(-c7cccc8ccccc78)cccc56)cccc34)c3ccccc23)OC1(C)C. The van der Waals surface area contributed by atoms with E-state index in [0.29, 0.717) is 0 Å². The highest BCUT2D eigenvalue weighted by Gasteiger charge is 2.52. The first-order valence-corrected chi connectivity index (χ1v) is 17.2. The van der Waals surface area contributed by atoms with Crippen LogP contribution >= 0.6 is 0 Å². The van der Waals surface area contributed by atoms with Gasteiger partial charge in [0.2, 0.25) is 0 Å². The molecule has 0 atom stereocenters. The molecule has 0 aromatic heterocycles. The molecule has 0 radical (unpaired) electrons. The van der Waals surface area contributed by atoms with Crippen molar-refractivity contribution in [3.8, 4) is 33.4 Å². The molecule has 0 aliphatic carbocycles. The first kappa shape index (κ1) is 29.9. The lowest BCUT2D eigenvalue weighted by Gasteiger charge is -2.32. The fourth-order valence-corrected chi connectivity index (χ4v) is 7.75. The molecule has 1 aliphatic heterocycles. The van der Waals surface area contributed by atoms with Crippen molar-refractivity contribution < 1.29 is 9.31 Å². The quantitative estimate of drug-likeness (QED) is 0.180. The molecule has 0 bridgehead atoms. The van der Waals surface area contributed by atoms with E-state index >= 15 is 0 Å². The number of benzene rings is 8. The smallest absolute Gasteiger partial charge is 0.399 e. The van der Waals surface area contributed by atoms with Gasteiger partial charge in [0.05, 0.1) is 11.2 Å². The summed E-state index contributed by atoms with van der Waals surface area (Å²) in [7, 11) is -0.423. The number of fused-ring (bicyclic) bond motifs is 4. The van der Waals surface area contributed by atoms with Gasteiger partial charge in [0.15, 0.2) is 0 Å². The van der Waals surface area contributed by atoms with Crippen LogP contribution in [0.15, 0.2) is 152 Å². The summed E-state index contributed by atoms with van der Waals surface area (Å²) in [5, 5.41) is 9.86. The predicted molar refractivity (Wildman–Crippen MR) is 208 cm³/mol. The van der Waals surface area contributed by atoms with E-state index in [1.54, 1.807) is 0 Å². The van der Waals surface area contributed by atoms with Gasteiger partial charge in [-0.25, -0.2) is 0 Å². The lowest BCUT2D eigenvalue weighted by molar-refractivity contribution is 0.00578. The summed E-state index contributed by atoms with van der Waals surface area (Å²) >= 11 is 0.